The summed E-state index contributed by atoms with van der Waals surface area (Å²) in [5.41, 5.74) is 2.11. The maximum absolute atomic E-state index is 12.8. The van der Waals surface area contributed by atoms with E-state index in [0.717, 1.165) is 24.0 Å². The van der Waals surface area contributed by atoms with E-state index in [1.54, 1.807) is 10.9 Å². The third-order valence-corrected chi connectivity index (χ3v) is 5.20. The van der Waals surface area contributed by atoms with Gasteiger partial charge in [0.25, 0.3) is 5.91 Å². The van der Waals surface area contributed by atoms with Crippen molar-refractivity contribution in [3.05, 3.63) is 100.0 Å². The molecule has 0 saturated carbocycles. The molecule has 0 atom stereocenters. The number of ether oxygens (including phenoxy) is 1. The Labute approximate surface area is 175 Å². The second-order valence-electron chi connectivity index (χ2n) is 7.23. The second kappa shape index (κ2) is 8.86. The number of aromatic nitrogens is 1. The van der Waals surface area contributed by atoms with Gasteiger partial charge in [0.1, 0.15) is 6.67 Å². The first-order valence-electron chi connectivity index (χ1n) is 10.2. The third kappa shape index (κ3) is 3.81. The fraction of sp³-hybridized carbons (Fsp3) is 0.250. The molecular weight excluding hydrogens is 378 g/mol. The SMILES string of the molecule is CCCCOc1c2n(ccc1=O)N(C(c1ccccc1)c1ccccc1)CNC2=O. The molecular formula is C24H25N3O3. The van der Waals surface area contributed by atoms with Gasteiger partial charge >= 0.3 is 0 Å². The molecule has 0 spiro atoms. The Kier molecular flexibility index (Phi) is 5.84. The average Bonchev–Trinajstić information content (AvgIpc) is 2.78. The van der Waals surface area contributed by atoms with Gasteiger partial charge in [-0.3, -0.25) is 19.3 Å². The van der Waals surface area contributed by atoms with Crippen molar-refractivity contribution >= 4 is 5.91 Å². The summed E-state index contributed by atoms with van der Waals surface area (Å²) in [6, 6.07) is 21.5. The number of rotatable bonds is 7. The molecule has 6 nitrogen and oxygen atoms in total. The number of carbonyl (C=O) groups is 1. The lowest BCUT2D eigenvalue weighted by Gasteiger charge is -2.40. The first kappa shape index (κ1) is 19.8. The fourth-order valence-electron chi connectivity index (χ4n) is 3.72. The van der Waals surface area contributed by atoms with E-state index in [2.05, 4.69) is 36.5 Å². The predicted octanol–water partition coefficient (Wildman–Crippen LogP) is 3.46. The van der Waals surface area contributed by atoms with Gasteiger partial charge in [-0.05, 0) is 17.5 Å². The van der Waals surface area contributed by atoms with Crippen LogP contribution in [0, 0.1) is 0 Å². The molecule has 3 aromatic rings. The minimum absolute atomic E-state index is 0.105. The van der Waals surface area contributed by atoms with Crippen LogP contribution in [0.1, 0.15) is 47.4 Å². The Balaban J connectivity index is 1.84. The van der Waals surface area contributed by atoms with Gasteiger partial charge in [-0.1, -0.05) is 74.0 Å². The molecule has 0 unspecified atom stereocenters. The summed E-state index contributed by atoms with van der Waals surface area (Å²) >= 11 is 0. The minimum atomic E-state index is -0.310. The highest BCUT2D eigenvalue weighted by molar-refractivity contribution is 5.96. The normalized spacial score (nSPS) is 13.1. The molecule has 1 aliphatic heterocycles. The second-order valence-corrected chi connectivity index (χ2v) is 7.23. The van der Waals surface area contributed by atoms with Crippen molar-refractivity contribution in [2.75, 3.05) is 18.3 Å². The lowest BCUT2D eigenvalue weighted by Crippen LogP contribution is -2.53. The Morgan fingerprint density at radius 1 is 0.967 bits per heavy atom. The lowest BCUT2D eigenvalue weighted by molar-refractivity contribution is 0.0913. The largest absolute Gasteiger partial charge is 0.487 e. The molecule has 2 aromatic carbocycles. The number of unbranched alkanes of at least 4 members (excludes halogenated alkanes) is 1. The molecule has 1 N–H and O–H groups in total. The van der Waals surface area contributed by atoms with E-state index in [0.29, 0.717) is 13.3 Å². The quantitative estimate of drug-likeness (QED) is 0.614. The van der Waals surface area contributed by atoms with Crippen LogP contribution in [0.2, 0.25) is 0 Å². The molecule has 154 valence electrons. The number of hydrogen-bond acceptors (Lipinski definition) is 4. The molecule has 1 aromatic heterocycles. The monoisotopic (exact) mass is 403 g/mol. The van der Waals surface area contributed by atoms with Gasteiger partial charge in [0.2, 0.25) is 5.43 Å². The van der Waals surface area contributed by atoms with Crippen LogP contribution >= 0.6 is 0 Å². The van der Waals surface area contributed by atoms with E-state index in [9.17, 15) is 9.59 Å². The highest BCUT2D eigenvalue weighted by Gasteiger charge is 2.32. The topological polar surface area (TPSA) is 63.6 Å². The van der Waals surface area contributed by atoms with Gasteiger partial charge in [-0.2, -0.15) is 0 Å². The van der Waals surface area contributed by atoms with Crippen molar-refractivity contribution in [1.82, 2.24) is 9.99 Å². The van der Waals surface area contributed by atoms with Crippen LogP contribution in [-0.4, -0.2) is 23.9 Å². The molecule has 2 heterocycles. The number of pyridine rings is 1. The van der Waals surface area contributed by atoms with Gasteiger partial charge in [0.05, 0.1) is 12.6 Å². The summed E-state index contributed by atoms with van der Waals surface area (Å²) in [7, 11) is 0. The van der Waals surface area contributed by atoms with E-state index in [1.165, 1.54) is 6.07 Å². The van der Waals surface area contributed by atoms with Crippen molar-refractivity contribution in [3.63, 3.8) is 0 Å². The predicted molar refractivity (Wildman–Crippen MR) is 116 cm³/mol. The summed E-state index contributed by atoms with van der Waals surface area (Å²) in [6.45, 7) is 2.75. The number of amides is 1. The average molecular weight is 403 g/mol. The lowest BCUT2D eigenvalue weighted by atomic mass is 9.98. The molecule has 1 amide bonds. The van der Waals surface area contributed by atoms with E-state index in [-0.39, 0.29) is 28.8 Å². The van der Waals surface area contributed by atoms with Crippen molar-refractivity contribution in [2.24, 2.45) is 0 Å². The Morgan fingerprint density at radius 3 is 2.20 bits per heavy atom. The van der Waals surface area contributed by atoms with E-state index in [4.69, 9.17) is 4.74 Å². The number of benzene rings is 2. The van der Waals surface area contributed by atoms with Crippen LogP contribution in [0.25, 0.3) is 0 Å². The van der Waals surface area contributed by atoms with Crippen molar-refractivity contribution in [2.45, 2.75) is 25.8 Å². The number of hydrogen-bond donors (Lipinski definition) is 1. The molecule has 0 bridgehead atoms. The van der Waals surface area contributed by atoms with Gasteiger partial charge < -0.3 is 10.1 Å². The zero-order chi connectivity index (χ0) is 20.9. The van der Waals surface area contributed by atoms with Crippen LogP contribution in [0.15, 0.2) is 77.7 Å². The molecule has 1 aliphatic rings. The first-order valence-corrected chi connectivity index (χ1v) is 10.2. The van der Waals surface area contributed by atoms with Crippen LogP contribution in [-0.2, 0) is 0 Å². The number of nitrogens with zero attached hydrogens (tertiary/aromatic N) is 2. The van der Waals surface area contributed by atoms with Gasteiger partial charge in [-0.25, -0.2) is 0 Å². The maximum Gasteiger partial charge on any atom is 0.275 e. The zero-order valence-corrected chi connectivity index (χ0v) is 17.0. The summed E-state index contributed by atoms with van der Waals surface area (Å²) in [5.74, 6) is -0.205. The fourth-order valence-corrected chi connectivity index (χ4v) is 3.72. The highest BCUT2D eigenvalue weighted by Crippen LogP contribution is 2.30. The van der Waals surface area contributed by atoms with Gasteiger partial charge in [-0.15, -0.1) is 0 Å². The number of fused-ring (bicyclic) bond motifs is 1. The molecule has 0 saturated heterocycles. The van der Waals surface area contributed by atoms with Gasteiger partial charge in [0, 0.05) is 12.3 Å². The molecule has 0 radical (unpaired) electrons. The Bertz CT molecular complexity index is 1020. The van der Waals surface area contributed by atoms with Crippen molar-refractivity contribution in [1.29, 1.82) is 0 Å². The van der Waals surface area contributed by atoms with E-state index >= 15 is 0 Å². The standard InChI is InChI=1S/C24H25N3O3/c1-2-3-16-30-23-20(28)14-15-26-22(23)24(29)25-17-27(26)21(18-10-6-4-7-11-18)19-12-8-5-9-13-19/h4-15,21H,2-3,16-17H2,1H3,(H,25,29). The number of nitrogens with one attached hydrogen (secondary N) is 1. The third-order valence-electron chi connectivity index (χ3n) is 5.20. The summed E-state index contributed by atoms with van der Waals surface area (Å²) in [5, 5.41) is 4.95. The smallest absolute Gasteiger partial charge is 0.275 e. The van der Waals surface area contributed by atoms with E-state index in [1.807, 2.05) is 41.4 Å². The van der Waals surface area contributed by atoms with Crippen LogP contribution < -0.4 is 20.5 Å². The maximum atomic E-state index is 12.8. The van der Waals surface area contributed by atoms with Crippen LogP contribution in [0.3, 0.4) is 0 Å². The molecule has 4 rings (SSSR count). The highest BCUT2D eigenvalue weighted by atomic mass is 16.5. The molecule has 6 heteroatoms. The number of carbonyl (C=O) groups excluding carboxylic acids is 1. The molecule has 0 aliphatic carbocycles. The first-order chi connectivity index (χ1) is 14.7. The van der Waals surface area contributed by atoms with Crippen molar-refractivity contribution in [3.8, 4) is 5.75 Å². The molecule has 0 fully saturated rings. The Hall–Kier alpha value is -3.54. The zero-order valence-electron chi connectivity index (χ0n) is 17.0. The van der Waals surface area contributed by atoms with E-state index < -0.39 is 0 Å². The molecule has 30 heavy (non-hydrogen) atoms. The van der Waals surface area contributed by atoms with Gasteiger partial charge in [0.15, 0.2) is 11.4 Å². The Morgan fingerprint density at radius 2 is 1.60 bits per heavy atom. The summed E-state index contributed by atoms with van der Waals surface area (Å²) in [6.07, 6.45) is 3.41. The van der Waals surface area contributed by atoms with Crippen LogP contribution in [0.4, 0.5) is 0 Å². The van der Waals surface area contributed by atoms with Crippen molar-refractivity contribution < 1.29 is 9.53 Å². The summed E-state index contributed by atoms with van der Waals surface area (Å²) in [4.78, 5) is 25.3. The van der Waals surface area contributed by atoms with Crippen LogP contribution in [0.5, 0.6) is 5.75 Å². The summed E-state index contributed by atoms with van der Waals surface area (Å²) < 4.78 is 7.52. The minimum Gasteiger partial charge on any atom is -0.487 e.